The Balaban J connectivity index is 1.80. The van der Waals surface area contributed by atoms with Gasteiger partial charge in [-0.1, -0.05) is 0 Å². The molecule has 138 valence electrons. The fourth-order valence-electron chi connectivity index (χ4n) is 3.32. The van der Waals surface area contributed by atoms with Gasteiger partial charge >= 0.3 is 5.69 Å². The zero-order chi connectivity index (χ0) is 18.3. The van der Waals surface area contributed by atoms with Crippen molar-refractivity contribution in [3.63, 3.8) is 0 Å². The number of benzene rings is 1. The van der Waals surface area contributed by atoms with Crippen LogP contribution in [0.25, 0.3) is 11.1 Å². The van der Waals surface area contributed by atoms with Crippen LogP contribution in [0.15, 0.2) is 24.5 Å². The zero-order valence-electron chi connectivity index (χ0n) is 14.7. The molecule has 1 N–H and O–H groups in total. The standard InChI is InChI=1S/C18H22N4O4/c1-20-11-12(10-19-20)15-8-17(22(24)25)18(26-14-2-3-14)9-16(15)21-6-4-13(23)5-7-21/h8-11,13-14,23H,2-7H2,1H3. The van der Waals surface area contributed by atoms with E-state index in [-0.39, 0.29) is 22.8 Å². The Hall–Kier alpha value is -2.61. The molecule has 1 aliphatic heterocycles. The number of anilines is 1. The van der Waals surface area contributed by atoms with E-state index in [0.29, 0.717) is 31.7 Å². The molecular formula is C18H22N4O4. The molecule has 8 nitrogen and oxygen atoms in total. The van der Waals surface area contributed by atoms with Crippen LogP contribution in [-0.2, 0) is 7.05 Å². The van der Waals surface area contributed by atoms with Crippen LogP contribution < -0.4 is 9.64 Å². The fourth-order valence-corrected chi connectivity index (χ4v) is 3.32. The molecule has 1 aromatic heterocycles. The van der Waals surface area contributed by atoms with Gasteiger partial charge in [-0.25, -0.2) is 0 Å². The van der Waals surface area contributed by atoms with Crippen molar-refractivity contribution in [2.75, 3.05) is 18.0 Å². The third-order valence-corrected chi connectivity index (χ3v) is 4.91. The van der Waals surface area contributed by atoms with E-state index in [1.54, 1.807) is 23.0 Å². The maximum absolute atomic E-state index is 11.6. The number of aryl methyl sites for hydroxylation is 1. The molecule has 0 atom stereocenters. The van der Waals surface area contributed by atoms with Crippen molar-refractivity contribution >= 4 is 11.4 Å². The molecule has 0 radical (unpaired) electrons. The Morgan fingerprint density at radius 1 is 1.27 bits per heavy atom. The third kappa shape index (κ3) is 3.37. The van der Waals surface area contributed by atoms with Gasteiger partial charge in [0.1, 0.15) is 0 Å². The topological polar surface area (TPSA) is 93.7 Å². The number of aliphatic hydroxyl groups excluding tert-OH is 1. The van der Waals surface area contributed by atoms with Crippen LogP contribution in [-0.4, -0.2) is 45.1 Å². The lowest BCUT2D eigenvalue weighted by Crippen LogP contribution is -2.36. The van der Waals surface area contributed by atoms with E-state index in [1.807, 2.05) is 13.2 Å². The van der Waals surface area contributed by atoms with Crippen molar-refractivity contribution in [1.29, 1.82) is 0 Å². The number of piperidine rings is 1. The minimum absolute atomic E-state index is 0.0171. The van der Waals surface area contributed by atoms with E-state index >= 15 is 0 Å². The molecule has 2 fully saturated rings. The molecule has 0 amide bonds. The summed E-state index contributed by atoms with van der Waals surface area (Å²) in [7, 11) is 1.82. The molecule has 2 aliphatic rings. The summed E-state index contributed by atoms with van der Waals surface area (Å²) in [5.41, 5.74) is 2.47. The van der Waals surface area contributed by atoms with Gasteiger partial charge in [0.2, 0.25) is 0 Å². The van der Waals surface area contributed by atoms with Gasteiger partial charge in [-0.15, -0.1) is 0 Å². The first-order valence-corrected chi connectivity index (χ1v) is 8.92. The number of hydrogen-bond donors (Lipinski definition) is 1. The highest BCUT2D eigenvalue weighted by Crippen LogP contribution is 2.43. The average molecular weight is 358 g/mol. The van der Waals surface area contributed by atoms with Crippen molar-refractivity contribution in [2.45, 2.75) is 37.9 Å². The van der Waals surface area contributed by atoms with E-state index in [2.05, 4.69) is 10.00 Å². The third-order valence-electron chi connectivity index (χ3n) is 4.91. The maximum Gasteiger partial charge on any atom is 0.311 e. The molecule has 2 aromatic rings. The van der Waals surface area contributed by atoms with Crippen molar-refractivity contribution in [1.82, 2.24) is 9.78 Å². The van der Waals surface area contributed by atoms with E-state index in [9.17, 15) is 15.2 Å². The molecule has 4 rings (SSSR count). The highest BCUT2D eigenvalue weighted by Gasteiger charge is 2.30. The lowest BCUT2D eigenvalue weighted by atomic mass is 10.0. The van der Waals surface area contributed by atoms with Gasteiger partial charge in [0, 0.05) is 55.3 Å². The summed E-state index contributed by atoms with van der Waals surface area (Å²) < 4.78 is 7.51. The van der Waals surface area contributed by atoms with Crippen molar-refractivity contribution in [3.05, 3.63) is 34.6 Å². The predicted octanol–water partition coefficient (Wildman–Crippen LogP) is 2.50. The van der Waals surface area contributed by atoms with Crippen molar-refractivity contribution in [3.8, 4) is 16.9 Å². The first-order chi connectivity index (χ1) is 12.5. The van der Waals surface area contributed by atoms with E-state index in [4.69, 9.17) is 4.74 Å². The molecule has 1 saturated carbocycles. The minimum atomic E-state index is -0.388. The quantitative estimate of drug-likeness (QED) is 0.652. The van der Waals surface area contributed by atoms with Gasteiger partial charge in [0.25, 0.3) is 0 Å². The van der Waals surface area contributed by atoms with Gasteiger partial charge in [0.05, 0.1) is 23.3 Å². The number of hydrogen-bond acceptors (Lipinski definition) is 6. The van der Waals surface area contributed by atoms with Crippen LogP contribution in [0.2, 0.25) is 0 Å². The summed E-state index contributed by atoms with van der Waals surface area (Å²) in [5.74, 6) is 0.325. The van der Waals surface area contributed by atoms with Crippen LogP contribution >= 0.6 is 0 Å². The van der Waals surface area contributed by atoms with Gasteiger partial charge in [-0.2, -0.15) is 5.10 Å². The Morgan fingerprint density at radius 3 is 2.58 bits per heavy atom. The smallest absolute Gasteiger partial charge is 0.311 e. The Labute approximate surface area is 151 Å². The van der Waals surface area contributed by atoms with Crippen LogP contribution in [0, 0.1) is 10.1 Å². The van der Waals surface area contributed by atoms with Crippen LogP contribution in [0.3, 0.4) is 0 Å². The van der Waals surface area contributed by atoms with Crippen molar-refractivity contribution < 1.29 is 14.8 Å². The predicted molar refractivity (Wildman–Crippen MR) is 96.4 cm³/mol. The number of nitro benzene ring substituents is 1. The molecule has 0 spiro atoms. The van der Waals surface area contributed by atoms with E-state index in [1.165, 1.54) is 0 Å². The Bertz CT molecular complexity index is 823. The van der Waals surface area contributed by atoms with Gasteiger partial charge in [-0.05, 0) is 25.7 Å². The monoisotopic (exact) mass is 358 g/mol. The highest BCUT2D eigenvalue weighted by atomic mass is 16.6. The van der Waals surface area contributed by atoms with Crippen molar-refractivity contribution in [2.24, 2.45) is 7.05 Å². The molecule has 0 unspecified atom stereocenters. The number of nitrogens with zero attached hydrogens (tertiary/aromatic N) is 4. The van der Waals surface area contributed by atoms with Crippen LogP contribution in [0.1, 0.15) is 25.7 Å². The molecule has 0 bridgehead atoms. The van der Waals surface area contributed by atoms with E-state index < -0.39 is 0 Å². The summed E-state index contributed by atoms with van der Waals surface area (Å²) >= 11 is 0. The molecule has 26 heavy (non-hydrogen) atoms. The maximum atomic E-state index is 11.6. The lowest BCUT2D eigenvalue weighted by Gasteiger charge is -2.33. The first-order valence-electron chi connectivity index (χ1n) is 8.92. The number of aliphatic hydroxyl groups is 1. The summed E-state index contributed by atoms with van der Waals surface area (Å²) in [6, 6.07) is 3.38. The number of ether oxygens (including phenoxy) is 1. The average Bonchev–Trinajstić information content (AvgIpc) is 3.33. The number of rotatable bonds is 5. The number of nitro groups is 1. The van der Waals surface area contributed by atoms with Crippen LogP contribution in [0.4, 0.5) is 11.4 Å². The zero-order valence-corrected chi connectivity index (χ0v) is 14.7. The van der Waals surface area contributed by atoms with Gasteiger partial charge in [0.15, 0.2) is 5.75 Å². The SMILES string of the molecule is Cn1cc(-c2cc([N+](=O)[O-])c(OC3CC3)cc2N2CCC(O)CC2)cn1. The fraction of sp³-hybridized carbons (Fsp3) is 0.500. The van der Waals surface area contributed by atoms with Gasteiger partial charge in [-0.3, -0.25) is 14.8 Å². The largest absolute Gasteiger partial charge is 0.483 e. The molecule has 1 saturated heterocycles. The highest BCUT2D eigenvalue weighted by molar-refractivity contribution is 5.82. The summed E-state index contributed by atoms with van der Waals surface area (Å²) in [6.45, 7) is 1.41. The van der Waals surface area contributed by atoms with Gasteiger partial charge < -0.3 is 14.7 Å². The van der Waals surface area contributed by atoms with Crippen LogP contribution in [0.5, 0.6) is 5.75 Å². The second kappa shape index (κ2) is 6.60. The first kappa shape index (κ1) is 16.8. The second-order valence-electron chi connectivity index (χ2n) is 7.03. The molecule has 2 heterocycles. The normalized spacial score (nSPS) is 18.2. The Morgan fingerprint density at radius 2 is 2.00 bits per heavy atom. The van der Waals surface area contributed by atoms with E-state index in [0.717, 1.165) is 29.7 Å². The number of aromatic nitrogens is 2. The summed E-state index contributed by atoms with van der Waals surface area (Å²) in [6.07, 6.45) is 6.59. The molecule has 8 heteroatoms. The lowest BCUT2D eigenvalue weighted by molar-refractivity contribution is -0.385. The Kier molecular flexibility index (Phi) is 4.28. The summed E-state index contributed by atoms with van der Waals surface area (Å²) in [4.78, 5) is 13.4. The molecular weight excluding hydrogens is 336 g/mol. The molecule has 1 aromatic carbocycles. The molecule has 1 aliphatic carbocycles. The second-order valence-corrected chi connectivity index (χ2v) is 7.03. The summed E-state index contributed by atoms with van der Waals surface area (Å²) in [5, 5.41) is 25.6. The minimum Gasteiger partial charge on any atom is -0.483 e.